The summed E-state index contributed by atoms with van der Waals surface area (Å²) in [6.45, 7) is 0.624. The number of furan rings is 1. The lowest BCUT2D eigenvalue weighted by atomic mass is 10.3. The number of rotatable bonds is 7. The minimum Gasteiger partial charge on any atom is -0.472 e. The number of hydrogen-bond donors (Lipinski definition) is 0. The Morgan fingerprint density at radius 1 is 1.24 bits per heavy atom. The third kappa shape index (κ3) is 3.90. The van der Waals surface area contributed by atoms with Crippen LogP contribution in [0.15, 0.2) is 52.2 Å². The van der Waals surface area contributed by atoms with E-state index in [4.69, 9.17) is 9.15 Å². The van der Waals surface area contributed by atoms with Gasteiger partial charge in [0.15, 0.2) is 0 Å². The highest BCUT2D eigenvalue weighted by atomic mass is 32.2. The molecule has 1 heterocycles. The Balaban J connectivity index is 2.27. The van der Waals surface area contributed by atoms with Crippen molar-refractivity contribution in [3.8, 4) is 0 Å². The molecular formula is C14H16FNO4S. The van der Waals surface area contributed by atoms with Crippen LogP contribution in [0.5, 0.6) is 0 Å². The van der Waals surface area contributed by atoms with Crippen LogP contribution >= 0.6 is 0 Å². The van der Waals surface area contributed by atoms with E-state index in [0.29, 0.717) is 0 Å². The van der Waals surface area contributed by atoms with Gasteiger partial charge in [-0.05, 0) is 30.3 Å². The zero-order chi connectivity index (χ0) is 15.3. The molecule has 21 heavy (non-hydrogen) atoms. The van der Waals surface area contributed by atoms with Crippen LogP contribution in [0.25, 0.3) is 0 Å². The molecule has 1 aromatic carbocycles. The first kappa shape index (κ1) is 15.7. The van der Waals surface area contributed by atoms with Gasteiger partial charge >= 0.3 is 0 Å². The molecule has 0 aliphatic rings. The fourth-order valence-electron chi connectivity index (χ4n) is 1.82. The molecule has 0 saturated heterocycles. The molecule has 0 aliphatic carbocycles. The quantitative estimate of drug-likeness (QED) is 0.786. The molecule has 0 radical (unpaired) electrons. The van der Waals surface area contributed by atoms with Gasteiger partial charge in [0.25, 0.3) is 0 Å². The second-order valence-corrected chi connectivity index (χ2v) is 6.35. The van der Waals surface area contributed by atoms with Crippen molar-refractivity contribution in [3.05, 3.63) is 54.2 Å². The van der Waals surface area contributed by atoms with Crippen LogP contribution < -0.4 is 0 Å². The standard InChI is InChI=1S/C14H16FNO4S/c1-19-9-7-16(10-12-6-8-20-11-12)21(17,18)14-4-2-13(15)3-5-14/h2-6,8,11H,7,9-10H2,1H3. The number of methoxy groups -OCH3 is 1. The molecular weight excluding hydrogens is 297 g/mol. The average Bonchev–Trinajstić information content (AvgIpc) is 2.96. The van der Waals surface area contributed by atoms with Gasteiger partial charge in [0.05, 0.1) is 24.0 Å². The fraction of sp³-hybridized carbons (Fsp3) is 0.286. The maximum absolute atomic E-state index is 12.9. The van der Waals surface area contributed by atoms with Gasteiger partial charge in [0.1, 0.15) is 5.82 Å². The monoisotopic (exact) mass is 313 g/mol. The molecule has 0 fully saturated rings. The Morgan fingerprint density at radius 2 is 1.95 bits per heavy atom. The molecule has 1 aromatic heterocycles. The third-order valence-electron chi connectivity index (χ3n) is 2.94. The van der Waals surface area contributed by atoms with E-state index in [0.717, 1.165) is 17.7 Å². The van der Waals surface area contributed by atoms with Crippen molar-refractivity contribution in [2.45, 2.75) is 11.4 Å². The molecule has 0 aliphatic heterocycles. The van der Waals surface area contributed by atoms with Crippen LogP contribution in [0, 0.1) is 5.82 Å². The van der Waals surface area contributed by atoms with Gasteiger partial charge in [-0.1, -0.05) is 0 Å². The predicted molar refractivity (Wildman–Crippen MR) is 74.6 cm³/mol. The smallest absolute Gasteiger partial charge is 0.243 e. The van der Waals surface area contributed by atoms with Gasteiger partial charge in [0.2, 0.25) is 10.0 Å². The van der Waals surface area contributed by atoms with Crippen LogP contribution in [0.1, 0.15) is 5.56 Å². The Morgan fingerprint density at radius 3 is 2.52 bits per heavy atom. The Kier molecular flexibility index (Phi) is 5.11. The molecule has 5 nitrogen and oxygen atoms in total. The highest BCUT2D eigenvalue weighted by molar-refractivity contribution is 7.89. The van der Waals surface area contributed by atoms with E-state index in [9.17, 15) is 12.8 Å². The van der Waals surface area contributed by atoms with E-state index >= 15 is 0 Å². The van der Waals surface area contributed by atoms with Gasteiger partial charge in [0, 0.05) is 25.8 Å². The van der Waals surface area contributed by atoms with Crippen LogP contribution in [0.4, 0.5) is 4.39 Å². The number of ether oxygens (including phenoxy) is 1. The first-order valence-electron chi connectivity index (χ1n) is 6.30. The van der Waals surface area contributed by atoms with E-state index in [1.807, 2.05) is 0 Å². The molecule has 0 unspecified atom stereocenters. The molecule has 114 valence electrons. The van der Waals surface area contributed by atoms with Crippen molar-refractivity contribution in [2.24, 2.45) is 0 Å². The molecule has 0 amide bonds. The average molecular weight is 313 g/mol. The second-order valence-electron chi connectivity index (χ2n) is 4.42. The summed E-state index contributed by atoms with van der Waals surface area (Å²) < 4.78 is 49.3. The van der Waals surface area contributed by atoms with Crippen molar-refractivity contribution >= 4 is 10.0 Å². The van der Waals surface area contributed by atoms with E-state index < -0.39 is 15.8 Å². The van der Waals surface area contributed by atoms with Crippen molar-refractivity contribution in [3.63, 3.8) is 0 Å². The van der Waals surface area contributed by atoms with Crippen LogP contribution in [-0.4, -0.2) is 33.0 Å². The Hall–Kier alpha value is -1.70. The fourth-order valence-corrected chi connectivity index (χ4v) is 3.23. The summed E-state index contributed by atoms with van der Waals surface area (Å²) in [5.74, 6) is -0.479. The normalized spacial score (nSPS) is 12.0. The van der Waals surface area contributed by atoms with Crippen LogP contribution in [0.3, 0.4) is 0 Å². The lowest BCUT2D eigenvalue weighted by molar-refractivity contribution is 0.177. The van der Waals surface area contributed by atoms with Crippen molar-refractivity contribution in [1.82, 2.24) is 4.31 Å². The maximum atomic E-state index is 12.9. The SMILES string of the molecule is COCCN(Cc1ccoc1)S(=O)(=O)c1ccc(F)cc1. The topological polar surface area (TPSA) is 59.8 Å². The lowest BCUT2D eigenvalue weighted by Crippen LogP contribution is -2.33. The van der Waals surface area contributed by atoms with Crippen molar-refractivity contribution in [2.75, 3.05) is 20.3 Å². The summed E-state index contributed by atoms with van der Waals surface area (Å²) in [4.78, 5) is 0.0449. The third-order valence-corrected chi connectivity index (χ3v) is 4.79. The molecule has 2 rings (SSSR count). The molecule has 0 spiro atoms. The summed E-state index contributed by atoms with van der Waals surface area (Å²) in [5.41, 5.74) is 0.733. The summed E-state index contributed by atoms with van der Waals surface area (Å²) in [6, 6.07) is 6.44. The zero-order valence-corrected chi connectivity index (χ0v) is 12.3. The minimum atomic E-state index is -3.72. The van der Waals surface area contributed by atoms with Crippen molar-refractivity contribution < 1.29 is 22.0 Å². The van der Waals surface area contributed by atoms with Crippen LogP contribution in [-0.2, 0) is 21.3 Å². The molecule has 0 atom stereocenters. The van der Waals surface area contributed by atoms with E-state index in [1.54, 1.807) is 6.07 Å². The number of sulfonamides is 1. The largest absolute Gasteiger partial charge is 0.472 e. The Labute approximate surface area is 123 Å². The number of hydrogen-bond acceptors (Lipinski definition) is 4. The van der Waals surface area contributed by atoms with Gasteiger partial charge in [-0.25, -0.2) is 12.8 Å². The Bertz CT molecular complexity index is 653. The van der Waals surface area contributed by atoms with E-state index in [1.165, 1.54) is 36.1 Å². The van der Waals surface area contributed by atoms with Gasteiger partial charge in [-0.15, -0.1) is 0 Å². The van der Waals surface area contributed by atoms with Gasteiger partial charge in [-0.2, -0.15) is 4.31 Å². The van der Waals surface area contributed by atoms with Gasteiger partial charge < -0.3 is 9.15 Å². The highest BCUT2D eigenvalue weighted by Crippen LogP contribution is 2.19. The molecule has 2 aromatic rings. The lowest BCUT2D eigenvalue weighted by Gasteiger charge is -2.21. The number of benzene rings is 1. The number of nitrogens with zero attached hydrogens (tertiary/aromatic N) is 1. The maximum Gasteiger partial charge on any atom is 0.243 e. The first-order valence-corrected chi connectivity index (χ1v) is 7.74. The van der Waals surface area contributed by atoms with Crippen LogP contribution in [0.2, 0.25) is 0 Å². The summed E-state index contributed by atoms with van der Waals surface area (Å²) >= 11 is 0. The van der Waals surface area contributed by atoms with E-state index in [2.05, 4.69) is 0 Å². The number of halogens is 1. The molecule has 0 bridgehead atoms. The summed E-state index contributed by atoms with van der Waals surface area (Å²) in [7, 11) is -2.22. The summed E-state index contributed by atoms with van der Waals surface area (Å²) in [6.07, 6.45) is 2.97. The van der Waals surface area contributed by atoms with Gasteiger partial charge in [-0.3, -0.25) is 0 Å². The van der Waals surface area contributed by atoms with Crippen molar-refractivity contribution in [1.29, 1.82) is 0 Å². The van der Waals surface area contributed by atoms with E-state index in [-0.39, 0.29) is 24.6 Å². The molecule has 0 saturated carbocycles. The summed E-state index contributed by atoms with van der Waals surface area (Å²) in [5, 5.41) is 0. The first-order chi connectivity index (χ1) is 10.0. The minimum absolute atomic E-state index is 0.0449. The second kappa shape index (κ2) is 6.84. The predicted octanol–water partition coefficient (Wildman–Crippen LogP) is 2.26. The molecule has 0 N–H and O–H groups in total. The molecule has 7 heteroatoms. The zero-order valence-electron chi connectivity index (χ0n) is 11.5. The highest BCUT2D eigenvalue weighted by Gasteiger charge is 2.24.